The molecule has 4 nitrogen and oxygen atoms in total. The zero-order valence-corrected chi connectivity index (χ0v) is 11.2. The number of carboxylic acid groups (broad SMARTS) is 1. The largest absolute Gasteiger partial charge is 0.481 e. The molecule has 0 amide bonds. The van der Waals surface area contributed by atoms with Crippen LogP contribution in [0.15, 0.2) is 0 Å². The van der Waals surface area contributed by atoms with E-state index in [1.165, 1.54) is 12.8 Å². The number of ether oxygens (including phenoxy) is 1. The fourth-order valence-corrected chi connectivity index (χ4v) is 3.41. The molecule has 0 aliphatic heterocycles. The van der Waals surface area contributed by atoms with E-state index < -0.39 is 5.97 Å². The Morgan fingerprint density at radius 1 is 1.11 bits per heavy atom. The highest BCUT2D eigenvalue weighted by molar-refractivity contribution is 5.70. The van der Waals surface area contributed by atoms with Crippen molar-refractivity contribution in [3.8, 4) is 0 Å². The van der Waals surface area contributed by atoms with Crippen LogP contribution in [0.2, 0.25) is 0 Å². The van der Waals surface area contributed by atoms with Crippen molar-refractivity contribution >= 4 is 5.97 Å². The molecule has 4 heteroatoms. The van der Waals surface area contributed by atoms with Crippen molar-refractivity contribution in [2.45, 2.75) is 69.6 Å². The summed E-state index contributed by atoms with van der Waals surface area (Å²) in [4.78, 5) is 11.0. The van der Waals surface area contributed by atoms with Crippen molar-refractivity contribution in [3.63, 3.8) is 0 Å². The lowest BCUT2D eigenvalue weighted by atomic mass is 9.84. The third kappa shape index (κ3) is 3.69. The van der Waals surface area contributed by atoms with Gasteiger partial charge in [0.25, 0.3) is 0 Å². The zero-order chi connectivity index (χ0) is 13.0. The molecule has 4 unspecified atom stereocenters. The van der Waals surface area contributed by atoms with Gasteiger partial charge in [-0.3, -0.25) is 4.79 Å². The quantitative estimate of drug-likeness (QED) is 0.808. The van der Waals surface area contributed by atoms with Gasteiger partial charge in [0.1, 0.15) is 0 Å². The summed E-state index contributed by atoms with van der Waals surface area (Å²) in [5, 5.41) is 12.8. The fourth-order valence-electron chi connectivity index (χ4n) is 3.41. The van der Waals surface area contributed by atoms with Crippen molar-refractivity contribution in [1.29, 1.82) is 0 Å². The molecule has 0 radical (unpaired) electrons. The zero-order valence-electron chi connectivity index (χ0n) is 11.2. The molecule has 2 aliphatic rings. The molecule has 0 bridgehead atoms. The molecule has 0 heterocycles. The van der Waals surface area contributed by atoms with Gasteiger partial charge >= 0.3 is 5.97 Å². The number of carboxylic acids is 1. The maximum Gasteiger partial charge on any atom is 0.306 e. The van der Waals surface area contributed by atoms with Gasteiger partial charge in [-0.15, -0.1) is 0 Å². The van der Waals surface area contributed by atoms with Crippen LogP contribution in [-0.2, 0) is 9.53 Å². The van der Waals surface area contributed by atoms with E-state index in [2.05, 4.69) is 5.32 Å². The predicted molar refractivity (Wildman–Crippen MR) is 69.6 cm³/mol. The molecule has 2 saturated carbocycles. The average Bonchev–Trinajstić information content (AvgIpc) is 2.39. The maximum absolute atomic E-state index is 11.0. The Kier molecular flexibility index (Phi) is 5.01. The minimum Gasteiger partial charge on any atom is -0.481 e. The summed E-state index contributed by atoms with van der Waals surface area (Å²) in [6.45, 7) is 0. The van der Waals surface area contributed by atoms with Crippen molar-refractivity contribution in [1.82, 2.24) is 5.32 Å². The highest BCUT2D eigenvalue weighted by atomic mass is 16.5. The molecule has 104 valence electrons. The molecule has 4 atom stereocenters. The summed E-state index contributed by atoms with van der Waals surface area (Å²) in [5.41, 5.74) is 0. The predicted octanol–water partition coefficient (Wildman–Crippen LogP) is 2.18. The molecular formula is C14H25NO3. The number of nitrogens with one attached hydrogen (secondary N) is 1. The Morgan fingerprint density at radius 3 is 2.44 bits per heavy atom. The first kappa shape index (κ1) is 13.8. The van der Waals surface area contributed by atoms with Gasteiger partial charge in [0.2, 0.25) is 0 Å². The van der Waals surface area contributed by atoms with Crippen LogP contribution in [0.3, 0.4) is 0 Å². The maximum atomic E-state index is 11.0. The second kappa shape index (κ2) is 6.53. The third-order valence-corrected chi connectivity index (χ3v) is 4.45. The van der Waals surface area contributed by atoms with Crippen LogP contribution in [0.4, 0.5) is 0 Å². The molecular weight excluding hydrogens is 230 g/mol. The van der Waals surface area contributed by atoms with Gasteiger partial charge in [-0.05, 0) is 44.9 Å². The second-order valence-corrected chi connectivity index (χ2v) is 5.79. The minimum atomic E-state index is -0.625. The molecule has 0 aromatic carbocycles. The molecule has 18 heavy (non-hydrogen) atoms. The van der Waals surface area contributed by atoms with Crippen LogP contribution >= 0.6 is 0 Å². The standard InChI is InChI=1S/C14H25NO3/c1-18-13-7-3-6-12(9-13)15-11-5-2-4-10(8-11)14(16)17/h10-13,15H,2-9H2,1H3,(H,16,17). The molecule has 2 N–H and O–H groups in total. The molecule has 0 aromatic rings. The van der Waals surface area contributed by atoms with Gasteiger partial charge in [0.05, 0.1) is 12.0 Å². The van der Waals surface area contributed by atoms with Gasteiger partial charge in [0.15, 0.2) is 0 Å². The van der Waals surface area contributed by atoms with Crippen LogP contribution in [-0.4, -0.2) is 36.4 Å². The van der Waals surface area contributed by atoms with Crippen LogP contribution < -0.4 is 5.32 Å². The van der Waals surface area contributed by atoms with Gasteiger partial charge in [-0.2, -0.15) is 0 Å². The third-order valence-electron chi connectivity index (χ3n) is 4.45. The summed E-state index contributed by atoms with van der Waals surface area (Å²) < 4.78 is 5.44. The lowest BCUT2D eigenvalue weighted by Gasteiger charge is -2.35. The fraction of sp³-hybridized carbons (Fsp3) is 0.929. The Hall–Kier alpha value is -0.610. The Labute approximate surface area is 109 Å². The molecule has 2 fully saturated rings. The van der Waals surface area contributed by atoms with Gasteiger partial charge in [0, 0.05) is 19.2 Å². The minimum absolute atomic E-state index is 0.141. The summed E-state index contributed by atoms with van der Waals surface area (Å²) in [6, 6.07) is 0.904. The van der Waals surface area contributed by atoms with E-state index in [4.69, 9.17) is 9.84 Å². The number of rotatable bonds is 4. The topological polar surface area (TPSA) is 58.6 Å². The Balaban J connectivity index is 1.79. The van der Waals surface area contributed by atoms with E-state index in [-0.39, 0.29) is 5.92 Å². The second-order valence-electron chi connectivity index (χ2n) is 5.79. The van der Waals surface area contributed by atoms with E-state index in [9.17, 15) is 4.79 Å². The number of hydrogen-bond donors (Lipinski definition) is 2. The average molecular weight is 255 g/mol. The van der Waals surface area contributed by atoms with Crippen LogP contribution in [0.1, 0.15) is 51.4 Å². The molecule has 2 aliphatic carbocycles. The van der Waals surface area contributed by atoms with E-state index in [1.807, 2.05) is 0 Å². The first-order chi connectivity index (χ1) is 8.69. The highest BCUT2D eigenvalue weighted by Gasteiger charge is 2.29. The van der Waals surface area contributed by atoms with Crippen molar-refractivity contribution in [3.05, 3.63) is 0 Å². The molecule has 0 saturated heterocycles. The summed E-state index contributed by atoms with van der Waals surface area (Å²) in [6.07, 6.45) is 8.84. The first-order valence-electron chi connectivity index (χ1n) is 7.20. The highest BCUT2D eigenvalue weighted by Crippen LogP contribution is 2.27. The number of aliphatic carboxylic acids is 1. The molecule has 2 rings (SSSR count). The van der Waals surface area contributed by atoms with Gasteiger partial charge in [-0.1, -0.05) is 6.42 Å². The lowest BCUT2D eigenvalue weighted by Crippen LogP contribution is -2.45. The monoisotopic (exact) mass is 255 g/mol. The van der Waals surface area contributed by atoms with E-state index in [0.717, 1.165) is 38.5 Å². The number of methoxy groups -OCH3 is 1. The van der Waals surface area contributed by atoms with Gasteiger partial charge < -0.3 is 15.2 Å². The van der Waals surface area contributed by atoms with Crippen molar-refractivity contribution in [2.24, 2.45) is 5.92 Å². The van der Waals surface area contributed by atoms with Crippen molar-refractivity contribution in [2.75, 3.05) is 7.11 Å². The van der Waals surface area contributed by atoms with E-state index in [1.54, 1.807) is 7.11 Å². The Morgan fingerprint density at radius 2 is 1.78 bits per heavy atom. The summed E-state index contributed by atoms with van der Waals surface area (Å²) in [5.74, 6) is -0.766. The number of hydrogen-bond acceptors (Lipinski definition) is 3. The number of carbonyl (C=O) groups is 1. The van der Waals surface area contributed by atoms with Crippen molar-refractivity contribution < 1.29 is 14.6 Å². The van der Waals surface area contributed by atoms with E-state index in [0.29, 0.717) is 18.2 Å². The van der Waals surface area contributed by atoms with Crippen LogP contribution in [0.25, 0.3) is 0 Å². The smallest absolute Gasteiger partial charge is 0.306 e. The normalized spacial score (nSPS) is 37.4. The van der Waals surface area contributed by atoms with Gasteiger partial charge in [-0.25, -0.2) is 0 Å². The summed E-state index contributed by atoms with van der Waals surface area (Å²) >= 11 is 0. The lowest BCUT2D eigenvalue weighted by molar-refractivity contribution is -0.143. The SMILES string of the molecule is COC1CCCC(NC2CCCC(C(=O)O)C2)C1. The Bertz CT molecular complexity index is 282. The van der Waals surface area contributed by atoms with Crippen LogP contribution in [0, 0.1) is 5.92 Å². The first-order valence-corrected chi connectivity index (χ1v) is 7.20. The molecule has 0 aromatic heterocycles. The van der Waals surface area contributed by atoms with E-state index >= 15 is 0 Å². The molecule has 0 spiro atoms. The van der Waals surface area contributed by atoms with Crippen LogP contribution in [0.5, 0.6) is 0 Å². The summed E-state index contributed by atoms with van der Waals surface area (Å²) in [7, 11) is 1.79.